The number of carbonyl (C=O) groups is 3. The Morgan fingerprint density at radius 1 is 0.467 bits per heavy atom. The standard InChI is InChI=1S/3CH2O3.3Mg/c3*2-1(3)4;;;/h3*(H2,2,3,4);;;/q;;;3*+2/p-6. The largest absolute Gasteiger partial charge is 2.00 e. The van der Waals surface area contributed by atoms with Crippen LogP contribution in [0.4, 0.5) is 14.4 Å². The van der Waals surface area contributed by atoms with Crippen molar-refractivity contribution >= 4 is 87.6 Å². The number of hydrogen-bond acceptors (Lipinski definition) is 9. The van der Waals surface area contributed by atoms with E-state index in [9.17, 15) is 0 Å². The summed E-state index contributed by atoms with van der Waals surface area (Å²) in [6.45, 7) is 0. The quantitative estimate of drug-likeness (QED) is 0.377. The van der Waals surface area contributed by atoms with Gasteiger partial charge in [-0.05, 0) is 18.5 Å². The Kier molecular flexibility index (Phi) is 70.6. The van der Waals surface area contributed by atoms with E-state index in [1.165, 1.54) is 0 Å². The topological polar surface area (TPSA) is 190 Å². The molecule has 15 heavy (non-hydrogen) atoms. The molecule has 0 aliphatic rings. The first-order valence-corrected chi connectivity index (χ1v) is 1.84. The second kappa shape index (κ2) is 29.2. The van der Waals surface area contributed by atoms with Gasteiger partial charge in [0.15, 0.2) is 0 Å². The summed E-state index contributed by atoms with van der Waals surface area (Å²) in [5, 5.41) is 50.0. The van der Waals surface area contributed by atoms with Crippen LogP contribution in [0.2, 0.25) is 0 Å². The van der Waals surface area contributed by atoms with Crippen molar-refractivity contribution in [2.75, 3.05) is 0 Å². The fourth-order valence-electron chi connectivity index (χ4n) is 0. The third-order valence-electron chi connectivity index (χ3n) is 0. The molecule has 0 aromatic carbocycles. The minimum atomic E-state index is -2.33. The van der Waals surface area contributed by atoms with Gasteiger partial charge < -0.3 is 45.0 Å². The van der Waals surface area contributed by atoms with Crippen molar-refractivity contribution in [3.8, 4) is 0 Å². The van der Waals surface area contributed by atoms with E-state index in [1.54, 1.807) is 0 Å². The second-order valence-electron chi connectivity index (χ2n) is 0.750. The van der Waals surface area contributed by atoms with Crippen molar-refractivity contribution in [3.05, 3.63) is 0 Å². The van der Waals surface area contributed by atoms with Gasteiger partial charge in [-0.3, -0.25) is 0 Å². The predicted molar refractivity (Wildman–Crippen MR) is 33.4 cm³/mol. The van der Waals surface area contributed by atoms with Crippen molar-refractivity contribution in [1.29, 1.82) is 0 Å². The Balaban J connectivity index is -0.0000000184. The van der Waals surface area contributed by atoms with Crippen molar-refractivity contribution in [1.82, 2.24) is 0 Å². The fraction of sp³-hybridized carbons (Fsp3) is 0. The smallest absolute Gasteiger partial charge is 0.652 e. The summed E-state index contributed by atoms with van der Waals surface area (Å²) in [5.74, 6) is 0. The van der Waals surface area contributed by atoms with Crippen molar-refractivity contribution in [2.24, 2.45) is 0 Å². The molecule has 0 heterocycles. The molecule has 0 bridgehead atoms. The van der Waals surface area contributed by atoms with Gasteiger partial charge in [-0.25, -0.2) is 0 Å². The maximum atomic E-state index is 8.33. The van der Waals surface area contributed by atoms with Gasteiger partial charge in [0.25, 0.3) is 0 Å². The van der Waals surface area contributed by atoms with Crippen LogP contribution in [0.25, 0.3) is 0 Å². The summed E-state index contributed by atoms with van der Waals surface area (Å²) in [5.41, 5.74) is 0. The first-order chi connectivity index (χ1) is 5.20. The molecular weight excluding hydrogens is 253 g/mol. The molecule has 0 amide bonds. The Morgan fingerprint density at radius 2 is 0.467 bits per heavy atom. The van der Waals surface area contributed by atoms with E-state index in [0.29, 0.717) is 0 Å². The molecule has 0 atom stereocenters. The van der Waals surface area contributed by atoms with Crippen LogP contribution in [0.3, 0.4) is 0 Å². The van der Waals surface area contributed by atoms with Gasteiger partial charge in [-0.2, -0.15) is 0 Å². The van der Waals surface area contributed by atoms with Crippen LogP contribution in [0.1, 0.15) is 0 Å². The van der Waals surface area contributed by atoms with Crippen LogP contribution in [0, 0.1) is 0 Å². The molecule has 0 fully saturated rings. The summed E-state index contributed by atoms with van der Waals surface area (Å²) in [4.78, 5) is 25.0. The molecule has 12 heteroatoms. The van der Waals surface area contributed by atoms with E-state index in [4.69, 9.17) is 45.0 Å². The minimum Gasteiger partial charge on any atom is -0.652 e. The Labute approximate surface area is 132 Å². The Hall–Kier alpha value is 0.109. The number of hydrogen-bond donors (Lipinski definition) is 0. The van der Waals surface area contributed by atoms with E-state index in [2.05, 4.69) is 0 Å². The van der Waals surface area contributed by atoms with Crippen LogP contribution in [-0.4, -0.2) is 87.6 Å². The van der Waals surface area contributed by atoms with E-state index >= 15 is 0 Å². The normalized spacial score (nSPS) is 4.80. The molecule has 0 aliphatic heterocycles. The zero-order valence-electron chi connectivity index (χ0n) is 7.30. The monoisotopic (exact) mass is 252 g/mol. The van der Waals surface area contributed by atoms with Gasteiger partial charge in [0.1, 0.15) is 0 Å². The van der Waals surface area contributed by atoms with E-state index in [0.717, 1.165) is 0 Å². The third kappa shape index (κ3) is 175000. The molecule has 0 aromatic rings. The van der Waals surface area contributed by atoms with Gasteiger partial charge in [-0.1, -0.05) is 0 Å². The van der Waals surface area contributed by atoms with Crippen LogP contribution in [0.15, 0.2) is 0 Å². The maximum Gasteiger partial charge on any atom is 2.00 e. The van der Waals surface area contributed by atoms with E-state index in [1.807, 2.05) is 0 Å². The average molecular weight is 253 g/mol. The summed E-state index contributed by atoms with van der Waals surface area (Å²) in [6, 6.07) is 0. The number of carboxylic acid groups (broad SMARTS) is 6. The molecule has 0 aromatic heterocycles. The second-order valence-corrected chi connectivity index (χ2v) is 0.750. The molecule has 0 saturated carbocycles. The van der Waals surface area contributed by atoms with Gasteiger partial charge in [0, 0.05) is 0 Å². The molecule has 0 saturated heterocycles. The van der Waals surface area contributed by atoms with Crippen molar-refractivity contribution in [2.45, 2.75) is 0 Å². The SMILES string of the molecule is O=C([O-])[O-].O=C([O-])[O-].O=C([O-])[O-].[Mg+2].[Mg+2].[Mg+2]. The molecule has 9 nitrogen and oxygen atoms in total. The van der Waals surface area contributed by atoms with Crippen LogP contribution >= 0.6 is 0 Å². The summed E-state index contributed by atoms with van der Waals surface area (Å²) >= 11 is 0. The van der Waals surface area contributed by atoms with Gasteiger partial charge >= 0.3 is 69.2 Å². The summed E-state index contributed by atoms with van der Waals surface area (Å²) in [7, 11) is 0. The zero-order valence-corrected chi connectivity index (χ0v) is 11.5. The van der Waals surface area contributed by atoms with Crippen LogP contribution in [-0.2, 0) is 0 Å². The molecule has 0 N–H and O–H groups in total. The minimum absolute atomic E-state index is 0. The summed E-state index contributed by atoms with van der Waals surface area (Å²) < 4.78 is 0. The molecule has 0 rings (SSSR count). The fourth-order valence-corrected chi connectivity index (χ4v) is 0. The molecule has 0 spiro atoms. The van der Waals surface area contributed by atoms with Crippen molar-refractivity contribution < 1.29 is 45.0 Å². The van der Waals surface area contributed by atoms with Crippen molar-refractivity contribution in [3.63, 3.8) is 0 Å². The first kappa shape index (κ1) is 36.2. The summed E-state index contributed by atoms with van der Waals surface area (Å²) in [6.07, 6.45) is -7.00. The molecule has 0 unspecified atom stereocenters. The molecular formula is C3Mg3O9. The number of rotatable bonds is 0. The molecule has 0 aliphatic carbocycles. The number of carbonyl (C=O) groups excluding carboxylic acids is 3. The van der Waals surface area contributed by atoms with Crippen LogP contribution < -0.4 is 30.6 Å². The van der Waals surface area contributed by atoms with Crippen LogP contribution in [0.5, 0.6) is 0 Å². The molecule has 0 radical (unpaired) electrons. The maximum absolute atomic E-state index is 8.33. The third-order valence-corrected chi connectivity index (χ3v) is 0. The first-order valence-electron chi connectivity index (χ1n) is 1.84. The molecule has 72 valence electrons. The Bertz CT molecular complexity index is 118. The Morgan fingerprint density at radius 3 is 0.467 bits per heavy atom. The average Bonchev–Trinajstić information content (AvgIpc) is 1.54. The zero-order chi connectivity index (χ0) is 10.7. The van der Waals surface area contributed by atoms with Gasteiger partial charge in [0.2, 0.25) is 0 Å². The predicted octanol–water partition coefficient (Wildman–Crippen LogP) is -8.48. The van der Waals surface area contributed by atoms with Gasteiger partial charge in [0.05, 0.1) is 0 Å². The van der Waals surface area contributed by atoms with E-state index < -0.39 is 18.5 Å². The van der Waals surface area contributed by atoms with E-state index in [-0.39, 0.29) is 69.2 Å². The van der Waals surface area contributed by atoms with Gasteiger partial charge in [-0.15, -0.1) is 0 Å².